The number of para-hydroxylation sites is 1. The Bertz CT molecular complexity index is 1370. The Morgan fingerprint density at radius 1 is 0.649 bits per heavy atom. The van der Waals surface area contributed by atoms with E-state index in [0.717, 1.165) is 5.69 Å². The van der Waals surface area contributed by atoms with Crippen LogP contribution < -0.4 is 20.9 Å². The van der Waals surface area contributed by atoms with Gasteiger partial charge in [0.25, 0.3) is 11.8 Å². The summed E-state index contributed by atoms with van der Waals surface area (Å²) in [5, 5.41) is 8.75. The lowest BCUT2D eigenvalue weighted by Crippen LogP contribution is -2.30. The molecule has 186 valence electrons. The maximum atomic E-state index is 13.1. The van der Waals surface area contributed by atoms with Crippen molar-refractivity contribution in [1.29, 1.82) is 0 Å². The smallest absolute Gasteiger partial charge is 0.258 e. The second-order valence-electron chi connectivity index (χ2n) is 8.27. The molecule has 0 heterocycles. The molecule has 0 saturated carbocycles. The van der Waals surface area contributed by atoms with Crippen molar-refractivity contribution >= 4 is 40.5 Å². The van der Waals surface area contributed by atoms with Gasteiger partial charge in [-0.1, -0.05) is 48.5 Å². The first-order valence-electron chi connectivity index (χ1n) is 12.0. The lowest BCUT2D eigenvalue weighted by atomic mass is 10.1. The van der Waals surface area contributed by atoms with Crippen LogP contribution in [0.5, 0.6) is 0 Å². The number of rotatable bonds is 9. The van der Waals surface area contributed by atoms with E-state index >= 15 is 0 Å². The second kappa shape index (κ2) is 12.2. The SMILES string of the molecule is CCN(C(=O)c1cccc(NC(=O)CNc2cccc(NC(=O)c3ccccc3)c2)c1)c1ccccc1. The van der Waals surface area contributed by atoms with Gasteiger partial charge >= 0.3 is 0 Å². The Labute approximate surface area is 216 Å². The molecule has 0 aliphatic carbocycles. The molecule has 0 radical (unpaired) electrons. The van der Waals surface area contributed by atoms with Crippen LogP contribution in [0, 0.1) is 0 Å². The van der Waals surface area contributed by atoms with Gasteiger partial charge in [0, 0.05) is 40.4 Å². The van der Waals surface area contributed by atoms with Crippen LogP contribution in [0.25, 0.3) is 0 Å². The normalized spacial score (nSPS) is 10.3. The zero-order valence-corrected chi connectivity index (χ0v) is 20.5. The van der Waals surface area contributed by atoms with Crippen molar-refractivity contribution in [3.05, 3.63) is 120 Å². The highest BCUT2D eigenvalue weighted by molar-refractivity contribution is 6.07. The van der Waals surface area contributed by atoms with Gasteiger partial charge in [0.05, 0.1) is 6.54 Å². The molecule has 3 amide bonds. The van der Waals surface area contributed by atoms with Crippen molar-refractivity contribution < 1.29 is 14.4 Å². The van der Waals surface area contributed by atoms with Gasteiger partial charge in [0.1, 0.15) is 0 Å². The van der Waals surface area contributed by atoms with E-state index in [1.807, 2.05) is 49.4 Å². The van der Waals surface area contributed by atoms with Crippen molar-refractivity contribution in [2.45, 2.75) is 6.92 Å². The topological polar surface area (TPSA) is 90.5 Å². The fraction of sp³-hybridized carbons (Fsp3) is 0.100. The van der Waals surface area contributed by atoms with E-state index in [9.17, 15) is 14.4 Å². The Morgan fingerprint density at radius 3 is 1.95 bits per heavy atom. The Balaban J connectivity index is 1.34. The number of nitrogens with zero attached hydrogens (tertiary/aromatic N) is 1. The number of anilines is 4. The van der Waals surface area contributed by atoms with Crippen LogP contribution in [-0.4, -0.2) is 30.8 Å². The van der Waals surface area contributed by atoms with E-state index < -0.39 is 0 Å². The van der Waals surface area contributed by atoms with Crippen molar-refractivity contribution in [1.82, 2.24) is 0 Å². The van der Waals surface area contributed by atoms with Crippen LogP contribution >= 0.6 is 0 Å². The summed E-state index contributed by atoms with van der Waals surface area (Å²) >= 11 is 0. The van der Waals surface area contributed by atoms with E-state index in [-0.39, 0.29) is 24.3 Å². The molecule has 7 nitrogen and oxygen atoms in total. The molecule has 0 aliphatic rings. The minimum absolute atomic E-state index is 0.0133. The molecule has 0 fully saturated rings. The summed E-state index contributed by atoms with van der Waals surface area (Å²) < 4.78 is 0. The molecule has 4 rings (SSSR count). The summed E-state index contributed by atoms with van der Waals surface area (Å²) in [6, 6.07) is 32.5. The summed E-state index contributed by atoms with van der Waals surface area (Å²) in [5.41, 5.74) is 3.70. The predicted molar refractivity (Wildman–Crippen MR) is 148 cm³/mol. The lowest BCUT2D eigenvalue weighted by molar-refractivity contribution is -0.114. The Kier molecular flexibility index (Phi) is 8.29. The monoisotopic (exact) mass is 492 g/mol. The minimum Gasteiger partial charge on any atom is -0.376 e. The Hall–Kier alpha value is -4.91. The molecular weight excluding hydrogens is 464 g/mol. The maximum absolute atomic E-state index is 13.1. The Morgan fingerprint density at radius 2 is 1.24 bits per heavy atom. The van der Waals surface area contributed by atoms with Crippen molar-refractivity contribution in [2.75, 3.05) is 33.9 Å². The number of carbonyl (C=O) groups excluding carboxylic acids is 3. The van der Waals surface area contributed by atoms with Crippen LogP contribution in [0.3, 0.4) is 0 Å². The van der Waals surface area contributed by atoms with E-state index in [1.54, 1.807) is 71.6 Å². The highest BCUT2D eigenvalue weighted by atomic mass is 16.2. The molecule has 0 aliphatic heterocycles. The van der Waals surface area contributed by atoms with Gasteiger partial charge < -0.3 is 20.9 Å². The zero-order chi connectivity index (χ0) is 26.0. The van der Waals surface area contributed by atoms with Crippen LogP contribution in [0.2, 0.25) is 0 Å². The third-order valence-corrected chi connectivity index (χ3v) is 5.63. The molecule has 0 aromatic heterocycles. The molecule has 0 atom stereocenters. The molecule has 4 aromatic carbocycles. The summed E-state index contributed by atoms with van der Waals surface area (Å²) in [6.07, 6.45) is 0. The molecule has 37 heavy (non-hydrogen) atoms. The first-order chi connectivity index (χ1) is 18.0. The van der Waals surface area contributed by atoms with Gasteiger partial charge in [-0.2, -0.15) is 0 Å². The van der Waals surface area contributed by atoms with Gasteiger partial charge in [-0.15, -0.1) is 0 Å². The van der Waals surface area contributed by atoms with E-state index in [1.165, 1.54) is 0 Å². The van der Waals surface area contributed by atoms with Crippen LogP contribution in [0.1, 0.15) is 27.6 Å². The van der Waals surface area contributed by atoms with Crippen molar-refractivity contribution in [2.24, 2.45) is 0 Å². The molecular formula is C30H28N4O3. The maximum Gasteiger partial charge on any atom is 0.258 e. The third kappa shape index (κ3) is 6.82. The molecule has 0 unspecified atom stereocenters. The molecule has 7 heteroatoms. The zero-order valence-electron chi connectivity index (χ0n) is 20.5. The number of hydrogen-bond donors (Lipinski definition) is 3. The number of carbonyl (C=O) groups is 3. The molecule has 0 bridgehead atoms. The highest BCUT2D eigenvalue weighted by Gasteiger charge is 2.16. The summed E-state index contributed by atoms with van der Waals surface area (Å²) in [4.78, 5) is 39.8. The molecule has 3 N–H and O–H groups in total. The molecule has 0 saturated heterocycles. The van der Waals surface area contributed by atoms with Crippen LogP contribution in [0.4, 0.5) is 22.7 Å². The highest BCUT2D eigenvalue weighted by Crippen LogP contribution is 2.19. The number of amides is 3. The summed E-state index contributed by atoms with van der Waals surface area (Å²) in [7, 11) is 0. The number of hydrogen-bond acceptors (Lipinski definition) is 4. The van der Waals surface area contributed by atoms with Gasteiger partial charge in [-0.3, -0.25) is 14.4 Å². The predicted octanol–water partition coefficient (Wildman–Crippen LogP) is 5.66. The van der Waals surface area contributed by atoms with Crippen molar-refractivity contribution in [3.8, 4) is 0 Å². The lowest BCUT2D eigenvalue weighted by Gasteiger charge is -2.21. The van der Waals surface area contributed by atoms with Crippen LogP contribution in [0.15, 0.2) is 109 Å². The first kappa shape index (κ1) is 25.2. The van der Waals surface area contributed by atoms with Gasteiger partial charge in [-0.25, -0.2) is 0 Å². The van der Waals surface area contributed by atoms with Gasteiger partial charge in [0.15, 0.2) is 0 Å². The first-order valence-corrected chi connectivity index (χ1v) is 12.0. The quantitative estimate of drug-likeness (QED) is 0.281. The van der Waals surface area contributed by atoms with Crippen molar-refractivity contribution in [3.63, 3.8) is 0 Å². The third-order valence-electron chi connectivity index (χ3n) is 5.63. The van der Waals surface area contributed by atoms with Gasteiger partial charge in [0.2, 0.25) is 5.91 Å². The largest absolute Gasteiger partial charge is 0.376 e. The fourth-order valence-corrected chi connectivity index (χ4v) is 3.82. The molecule has 0 spiro atoms. The summed E-state index contributed by atoms with van der Waals surface area (Å²) in [6.45, 7) is 2.46. The number of benzene rings is 4. The van der Waals surface area contributed by atoms with E-state index in [4.69, 9.17) is 0 Å². The average Bonchev–Trinajstić information content (AvgIpc) is 2.94. The fourth-order valence-electron chi connectivity index (χ4n) is 3.82. The van der Waals surface area contributed by atoms with E-state index in [0.29, 0.717) is 34.7 Å². The van der Waals surface area contributed by atoms with E-state index in [2.05, 4.69) is 16.0 Å². The minimum atomic E-state index is -0.265. The van der Waals surface area contributed by atoms with Gasteiger partial charge in [-0.05, 0) is 67.6 Å². The number of nitrogens with one attached hydrogen (secondary N) is 3. The molecule has 4 aromatic rings. The second-order valence-corrected chi connectivity index (χ2v) is 8.27. The standard InChI is InChI=1S/C30H28N4O3/c1-2-34(27-17-7-4-8-18-27)30(37)23-13-9-15-25(19-23)32-28(35)21-31-24-14-10-16-26(20-24)33-29(36)22-11-5-3-6-12-22/h3-20,31H,2,21H2,1H3,(H,32,35)(H,33,36). The summed E-state index contributed by atoms with van der Waals surface area (Å²) in [5.74, 6) is -0.616. The average molecular weight is 493 g/mol. The van der Waals surface area contributed by atoms with Crippen LogP contribution in [-0.2, 0) is 4.79 Å².